The van der Waals surface area contributed by atoms with Crippen LogP contribution in [0, 0.1) is 0 Å². The van der Waals surface area contributed by atoms with Crippen molar-refractivity contribution in [2.75, 3.05) is 37.4 Å². The molecule has 0 fully saturated rings. The standard InChI is InChI=1S/C17H24N2OS2.C2H4/c1-4-19(11-13-20)15(2)5-6-16-7-9-17(10-8-16)18(3)12-14-22-21;1-2/h4-10,20H,2,11-14H2,1,3H3;1-2H2/p+1/b6-5+,19-4?;. The molecule has 1 rings (SSSR count). The molecule has 0 aromatic heterocycles. The molecule has 0 spiro atoms. The second-order valence-corrected chi connectivity index (χ2v) is 6.29. The third-order valence-corrected chi connectivity index (χ3v) is 4.25. The lowest BCUT2D eigenvalue weighted by atomic mass is 10.1. The molecular formula is C19H29N2OS2+. The zero-order valence-corrected chi connectivity index (χ0v) is 16.4. The Kier molecular flexibility index (Phi) is 13.1. The van der Waals surface area contributed by atoms with E-state index in [-0.39, 0.29) is 6.61 Å². The highest BCUT2D eigenvalue weighted by molar-refractivity contribution is 8.68. The fourth-order valence-electron chi connectivity index (χ4n) is 1.98. The fraction of sp³-hybridized carbons (Fsp3) is 0.316. The molecule has 1 aromatic rings. The predicted octanol–water partition coefficient (Wildman–Crippen LogP) is 4.13. The van der Waals surface area contributed by atoms with E-state index >= 15 is 0 Å². The second-order valence-electron chi connectivity index (χ2n) is 4.85. The highest BCUT2D eigenvalue weighted by Crippen LogP contribution is 2.16. The van der Waals surface area contributed by atoms with E-state index in [2.05, 4.69) is 67.6 Å². The highest BCUT2D eigenvalue weighted by atomic mass is 33.1. The van der Waals surface area contributed by atoms with Gasteiger partial charge in [0, 0.05) is 38.0 Å². The molecule has 1 N–H and O–H groups in total. The summed E-state index contributed by atoms with van der Waals surface area (Å²) in [6.45, 7) is 13.6. The summed E-state index contributed by atoms with van der Waals surface area (Å²) in [4.78, 5) is 2.21. The number of aliphatic hydroxyl groups is 1. The summed E-state index contributed by atoms with van der Waals surface area (Å²) >= 11 is 4.16. The molecule has 0 amide bonds. The van der Waals surface area contributed by atoms with Crippen LogP contribution in [0.1, 0.15) is 12.5 Å². The molecule has 0 atom stereocenters. The minimum absolute atomic E-state index is 0.114. The molecule has 0 unspecified atom stereocenters. The van der Waals surface area contributed by atoms with Gasteiger partial charge in [0.25, 0.3) is 0 Å². The van der Waals surface area contributed by atoms with Gasteiger partial charge in [-0.3, -0.25) is 0 Å². The Balaban J connectivity index is 0.00000254. The minimum Gasteiger partial charge on any atom is -0.390 e. The van der Waals surface area contributed by atoms with Crippen molar-refractivity contribution in [3.8, 4) is 0 Å². The molecule has 0 heterocycles. The number of anilines is 1. The smallest absolute Gasteiger partial charge is 0.197 e. The van der Waals surface area contributed by atoms with Gasteiger partial charge in [0.15, 0.2) is 12.2 Å². The van der Waals surface area contributed by atoms with Gasteiger partial charge in [0.05, 0.1) is 0 Å². The Hall–Kier alpha value is -1.43. The van der Waals surface area contributed by atoms with Crippen molar-refractivity contribution in [3.63, 3.8) is 0 Å². The van der Waals surface area contributed by atoms with E-state index in [9.17, 15) is 0 Å². The van der Waals surface area contributed by atoms with Crippen molar-refractivity contribution in [3.05, 3.63) is 61.3 Å². The van der Waals surface area contributed by atoms with Gasteiger partial charge in [0.1, 0.15) is 12.8 Å². The molecule has 0 radical (unpaired) electrons. The first-order valence-electron chi connectivity index (χ1n) is 7.74. The van der Waals surface area contributed by atoms with Crippen LogP contribution in [-0.4, -0.2) is 48.4 Å². The maximum atomic E-state index is 9.01. The molecule has 0 aliphatic rings. The number of hydrogen-bond donors (Lipinski definition) is 2. The van der Waals surface area contributed by atoms with Crippen molar-refractivity contribution >= 4 is 40.4 Å². The summed E-state index contributed by atoms with van der Waals surface area (Å²) in [5, 5.41) is 9.01. The van der Waals surface area contributed by atoms with E-state index in [0.717, 1.165) is 23.6 Å². The molecule has 1 aromatic carbocycles. The van der Waals surface area contributed by atoms with Crippen LogP contribution in [0.5, 0.6) is 0 Å². The summed E-state index contributed by atoms with van der Waals surface area (Å²) in [7, 11) is 3.64. The lowest BCUT2D eigenvalue weighted by Gasteiger charge is -2.18. The number of aliphatic hydroxyl groups excluding tert-OH is 1. The molecule has 0 aliphatic carbocycles. The van der Waals surface area contributed by atoms with Crippen molar-refractivity contribution < 1.29 is 9.68 Å². The van der Waals surface area contributed by atoms with Gasteiger partial charge in [-0.25, -0.2) is 4.58 Å². The zero-order chi connectivity index (χ0) is 18.4. The Labute approximate surface area is 155 Å². The summed E-state index contributed by atoms with van der Waals surface area (Å²) in [6, 6.07) is 8.41. The van der Waals surface area contributed by atoms with Crippen LogP contribution in [0.25, 0.3) is 6.08 Å². The van der Waals surface area contributed by atoms with E-state index in [1.54, 1.807) is 10.8 Å². The summed E-state index contributed by atoms with van der Waals surface area (Å²) < 4.78 is 1.92. The van der Waals surface area contributed by atoms with Crippen LogP contribution in [-0.2, 0) is 0 Å². The van der Waals surface area contributed by atoms with Crippen LogP contribution in [0.3, 0.4) is 0 Å². The van der Waals surface area contributed by atoms with E-state index in [4.69, 9.17) is 5.11 Å². The predicted molar refractivity (Wildman–Crippen MR) is 115 cm³/mol. The van der Waals surface area contributed by atoms with Crippen LogP contribution in [0.2, 0.25) is 0 Å². The third kappa shape index (κ3) is 8.43. The molecule has 3 nitrogen and oxygen atoms in total. The number of nitrogens with zero attached hydrogens (tertiary/aromatic N) is 2. The molecule has 0 saturated heterocycles. The van der Waals surface area contributed by atoms with Gasteiger partial charge >= 0.3 is 0 Å². The van der Waals surface area contributed by atoms with Crippen molar-refractivity contribution in [1.82, 2.24) is 0 Å². The first kappa shape index (κ1) is 22.6. The summed E-state index contributed by atoms with van der Waals surface area (Å²) in [6.07, 6.45) is 5.91. The van der Waals surface area contributed by atoms with Crippen molar-refractivity contribution in [2.24, 2.45) is 0 Å². The highest BCUT2D eigenvalue weighted by Gasteiger charge is 2.04. The maximum Gasteiger partial charge on any atom is 0.197 e. The zero-order valence-electron chi connectivity index (χ0n) is 14.7. The van der Waals surface area contributed by atoms with E-state index < -0.39 is 0 Å². The Bertz CT molecular complexity index is 539. The normalized spacial score (nSPS) is 11.1. The number of hydrogen-bond acceptors (Lipinski definition) is 4. The maximum absolute atomic E-state index is 9.01. The van der Waals surface area contributed by atoms with Crippen LogP contribution >= 0.6 is 22.5 Å². The largest absolute Gasteiger partial charge is 0.390 e. The SMILES string of the molecule is C=C.C=C(/C=C/c1ccc(N(C)CCSS)cc1)[N+](=CC)CCO. The number of allylic oxidation sites excluding steroid dienone is 1. The van der Waals surface area contributed by atoms with Crippen LogP contribution in [0.4, 0.5) is 5.69 Å². The lowest BCUT2D eigenvalue weighted by Crippen LogP contribution is -2.19. The fourth-order valence-corrected chi connectivity index (χ4v) is 2.58. The monoisotopic (exact) mass is 365 g/mol. The number of benzene rings is 1. The average Bonchev–Trinajstić information content (AvgIpc) is 2.64. The molecule has 5 heteroatoms. The molecule has 0 bridgehead atoms. The average molecular weight is 366 g/mol. The second kappa shape index (κ2) is 14.0. The topological polar surface area (TPSA) is 26.5 Å². The van der Waals surface area contributed by atoms with Crippen molar-refractivity contribution in [1.29, 1.82) is 0 Å². The molecule has 0 saturated carbocycles. The first-order chi connectivity index (χ1) is 11.6. The van der Waals surface area contributed by atoms with Gasteiger partial charge in [-0.2, -0.15) is 0 Å². The van der Waals surface area contributed by atoms with Gasteiger partial charge in [-0.1, -0.05) is 22.9 Å². The Morgan fingerprint density at radius 1 is 1.33 bits per heavy atom. The van der Waals surface area contributed by atoms with Crippen LogP contribution < -0.4 is 4.90 Å². The Morgan fingerprint density at radius 3 is 2.46 bits per heavy atom. The van der Waals surface area contributed by atoms with E-state index in [1.807, 2.05) is 29.9 Å². The summed E-state index contributed by atoms with van der Waals surface area (Å²) in [5.74, 6) is 0.995. The van der Waals surface area contributed by atoms with Gasteiger partial charge < -0.3 is 10.0 Å². The van der Waals surface area contributed by atoms with Crippen molar-refractivity contribution in [2.45, 2.75) is 6.92 Å². The van der Waals surface area contributed by atoms with Gasteiger partial charge in [0.2, 0.25) is 0 Å². The third-order valence-electron chi connectivity index (χ3n) is 3.34. The Morgan fingerprint density at radius 2 is 1.96 bits per heavy atom. The van der Waals surface area contributed by atoms with E-state index in [0.29, 0.717) is 6.54 Å². The minimum atomic E-state index is 0.114. The molecule has 0 aliphatic heterocycles. The van der Waals surface area contributed by atoms with Gasteiger partial charge in [-0.05, 0) is 30.4 Å². The quantitative estimate of drug-likeness (QED) is 0.172. The van der Waals surface area contributed by atoms with Gasteiger partial charge in [-0.15, -0.1) is 24.8 Å². The summed E-state index contributed by atoms with van der Waals surface area (Å²) in [5.41, 5.74) is 3.19. The first-order valence-corrected chi connectivity index (χ1v) is 9.77. The molecular weight excluding hydrogens is 336 g/mol. The number of rotatable bonds is 9. The molecule has 132 valence electrons. The lowest BCUT2D eigenvalue weighted by molar-refractivity contribution is -0.469. The van der Waals surface area contributed by atoms with E-state index in [1.165, 1.54) is 5.69 Å². The molecule has 24 heavy (non-hydrogen) atoms. The number of thiol groups is 1. The van der Waals surface area contributed by atoms with Crippen LogP contribution in [0.15, 0.2) is 55.8 Å².